The molecular formula is C15H17N3O3S. The van der Waals surface area contributed by atoms with E-state index in [2.05, 4.69) is 10.1 Å². The topological polar surface area (TPSA) is 86.8 Å². The van der Waals surface area contributed by atoms with E-state index in [1.54, 1.807) is 12.3 Å². The van der Waals surface area contributed by atoms with Gasteiger partial charge in [0.1, 0.15) is 12.3 Å². The SMILES string of the molecule is CCOC(=O)/C(=N\OCc1ccc(C)cc1)c1csc(N)n1. The fourth-order valence-electron chi connectivity index (χ4n) is 1.64. The highest BCUT2D eigenvalue weighted by Crippen LogP contribution is 2.13. The van der Waals surface area contributed by atoms with E-state index in [0.29, 0.717) is 10.8 Å². The Bertz CT molecular complexity index is 665. The summed E-state index contributed by atoms with van der Waals surface area (Å²) in [6, 6.07) is 7.84. The van der Waals surface area contributed by atoms with E-state index in [0.717, 1.165) is 11.1 Å². The first-order valence-corrected chi connectivity index (χ1v) is 7.62. The lowest BCUT2D eigenvalue weighted by molar-refractivity contribution is -0.135. The fraction of sp³-hybridized carbons (Fsp3) is 0.267. The Hall–Kier alpha value is -2.41. The molecule has 116 valence electrons. The van der Waals surface area contributed by atoms with Gasteiger partial charge in [0.15, 0.2) is 5.13 Å². The minimum Gasteiger partial charge on any atom is -0.461 e. The van der Waals surface area contributed by atoms with Crippen LogP contribution >= 0.6 is 11.3 Å². The molecule has 6 nitrogen and oxygen atoms in total. The lowest BCUT2D eigenvalue weighted by Crippen LogP contribution is -2.19. The highest BCUT2D eigenvalue weighted by atomic mass is 32.1. The summed E-state index contributed by atoms with van der Waals surface area (Å²) in [5, 5.41) is 5.87. The van der Waals surface area contributed by atoms with Crippen LogP contribution in [0, 0.1) is 6.92 Å². The number of benzene rings is 1. The third kappa shape index (κ3) is 4.29. The zero-order valence-electron chi connectivity index (χ0n) is 12.4. The van der Waals surface area contributed by atoms with Crippen LogP contribution in [0.2, 0.25) is 0 Å². The first-order chi connectivity index (χ1) is 10.6. The van der Waals surface area contributed by atoms with Gasteiger partial charge in [0.2, 0.25) is 5.71 Å². The smallest absolute Gasteiger partial charge is 0.362 e. The Kier molecular flexibility index (Phi) is 5.48. The van der Waals surface area contributed by atoms with E-state index in [4.69, 9.17) is 15.3 Å². The van der Waals surface area contributed by atoms with E-state index in [1.807, 2.05) is 31.2 Å². The van der Waals surface area contributed by atoms with Crippen molar-refractivity contribution in [2.75, 3.05) is 12.3 Å². The molecule has 0 fully saturated rings. The second-order valence-electron chi connectivity index (χ2n) is 4.49. The second-order valence-corrected chi connectivity index (χ2v) is 5.38. The number of ether oxygens (including phenoxy) is 1. The molecule has 0 amide bonds. The Morgan fingerprint density at radius 1 is 1.36 bits per heavy atom. The standard InChI is InChI=1S/C15H17N3O3S/c1-3-20-14(19)13(12-9-22-15(16)17-12)18-21-8-11-6-4-10(2)5-7-11/h4-7,9H,3,8H2,1-2H3,(H2,16,17)/b18-13-. The van der Waals surface area contributed by atoms with Crippen molar-refractivity contribution in [1.82, 2.24) is 4.98 Å². The van der Waals surface area contributed by atoms with Crippen LogP contribution in [-0.2, 0) is 21.0 Å². The third-order valence-corrected chi connectivity index (χ3v) is 3.41. The van der Waals surface area contributed by atoms with Gasteiger partial charge in [-0.05, 0) is 19.4 Å². The Balaban J connectivity index is 2.10. The third-order valence-electron chi connectivity index (χ3n) is 2.74. The van der Waals surface area contributed by atoms with Crippen LogP contribution in [0.5, 0.6) is 0 Å². The Labute approximate surface area is 132 Å². The van der Waals surface area contributed by atoms with E-state index in [9.17, 15) is 4.79 Å². The van der Waals surface area contributed by atoms with E-state index in [1.165, 1.54) is 11.3 Å². The summed E-state index contributed by atoms with van der Waals surface area (Å²) in [6.07, 6.45) is 0. The van der Waals surface area contributed by atoms with Crippen molar-refractivity contribution >= 4 is 28.1 Å². The predicted molar refractivity (Wildman–Crippen MR) is 85.7 cm³/mol. The zero-order chi connectivity index (χ0) is 15.9. The molecule has 0 radical (unpaired) electrons. The van der Waals surface area contributed by atoms with Crippen molar-refractivity contribution in [2.45, 2.75) is 20.5 Å². The molecule has 2 N–H and O–H groups in total. The van der Waals surface area contributed by atoms with Crippen LogP contribution in [0.25, 0.3) is 0 Å². The van der Waals surface area contributed by atoms with Crippen molar-refractivity contribution in [3.05, 3.63) is 46.5 Å². The number of rotatable bonds is 6. The highest BCUT2D eigenvalue weighted by molar-refractivity contribution is 7.13. The minimum absolute atomic E-state index is 0.0157. The monoisotopic (exact) mass is 319 g/mol. The number of esters is 1. The van der Waals surface area contributed by atoms with Gasteiger partial charge in [0.25, 0.3) is 0 Å². The number of oxime groups is 1. The van der Waals surface area contributed by atoms with Crippen LogP contribution in [0.3, 0.4) is 0 Å². The first-order valence-electron chi connectivity index (χ1n) is 6.74. The minimum atomic E-state index is -0.586. The van der Waals surface area contributed by atoms with Gasteiger partial charge in [0, 0.05) is 5.38 Å². The summed E-state index contributed by atoms with van der Waals surface area (Å²) in [4.78, 5) is 21.2. The van der Waals surface area contributed by atoms with Crippen molar-refractivity contribution < 1.29 is 14.4 Å². The molecule has 1 heterocycles. The maximum absolute atomic E-state index is 11.9. The maximum Gasteiger partial charge on any atom is 0.362 e. The molecule has 1 aromatic carbocycles. The number of aromatic nitrogens is 1. The van der Waals surface area contributed by atoms with E-state index in [-0.39, 0.29) is 18.9 Å². The molecule has 7 heteroatoms. The van der Waals surface area contributed by atoms with Gasteiger partial charge in [-0.1, -0.05) is 35.0 Å². The highest BCUT2D eigenvalue weighted by Gasteiger charge is 2.19. The van der Waals surface area contributed by atoms with Gasteiger partial charge >= 0.3 is 5.97 Å². The average Bonchev–Trinajstić information content (AvgIpc) is 2.92. The molecule has 0 unspecified atom stereocenters. The number of thiazole rings is 1. The van der Waals surface area contributed by atoms with Gasteiger partial charge in [-0.2, -0.15) is 0 Å². The fourth-order valence-corrected chi connectivity index (χ4v) is 2.19. The molecule has 0 aliphatic rings. The van der Waals surface area contributed by atoms with Gasteiger partial charge in [-0.25, -0.2) is 9.78 Å². The van der Waals surface area contributed by atoms with Gasteiger partial charge < -0.3 is 15.3 Å². The maximum atomic E-state index is 11.9. The number of hydrogen-bond acceptors (Lipinski definition) is 7. The summed E-state index contributed by atoms with van der Waals surface area (Å²) >= 11 is 1.22. The van der Waals surface area contributed by atoms with Crippen LogP contribution in [0.1, 0.15) is 23.7 Å². The molecule has 0 spiro atoms. The molecule has 0 saturated carbocycles. The number of carbonyl (C=O) groups excluding carboxylic acids is 1. The number of anilines is 1. The van der Waals surface area contributed by atoms with Crippen LogP contribution in [0.4, 0.5) is 5.13 Å². The molecule has 2 rings (SSSR count). The Morgan fingerprint density at radius 2 is 2.09 bits per heavy atom. The number of nitrogen functional groups attached to an aromatic ring is 1. The number of hydrogen-bond donors (Lipinski definition) is 1. The quantitative estimate of drug-likeness (QED) is 0.502. The molecule has 22 heavy (non-hydrogen) atoms. The van der Waals surface area contributed by atoms with Crippen molar-refractivity contribution in [1.29, 1.82) is 0 Å². The second kappa shape index (κ2) is 7.56. The van der Waals surface area contributed by atoms with Crippen molar-refractivity contribution in [3.63, 3.8) is 0 Å². The molecule has 0 aliphatic heterocycles. The summed E-state index contributed by atoms with van der Waals surface area (Å²) in [6.45, 7) is 4.23. The number of aryl methyl sites for hydroxylation is 1. The number of nitrogens with two attached hydrogens (primary N) is 1. The summed E-state index contributed by atoms with van der Waals surface area (Å²) < 4.78 is 4.96. The van der Waals surface area contributed by atoms with Gasteiger partial charge in [-0.3, -0.25) is 0 Å². The lowest BCUT2D eigenvalue weighted by atomic mass is 10.2. The molecule has 0 atom stereocenters. The van der Waals surface area contributed by atoms with E-state index >= 15 is 0 Å². The molecular weight excluding hydrogens is 302 g/mol. The summed E-state index contributed by atoms with van der Waals surface area (Å²) in [5.41, 5.74) is 8.07. The first kappa shape index (κ1) is 16.0. The van der Waals surface area contributed by atoms with Crippen LogP contribution < -0.4 is 5.73 Å². The lowest BCUT2D eigenvalue weighted by Gasteiger charge is -2.04. The zero-order valence-corrected chi connectivity index (χ0v) is 13.2. The molecule has 0 saturated heterocycles. The number of carbonyl (C=O) groups is 1. The molecule has 0 aliphatic carbocycles. The summed E-state index contributed by atoms with van der Waals surface area (Å²) in [7, 11) is 0. The summed E-state index contributed by atoms with van der Waals surface area (Å²) in [5.74, 6) is -0.586. The Morgan fingerprint density at radius 3 is 2.68 bits per heavy atom. The molecule has 2 aromatic rings. The molecule has 1 aromatic heterocycles. The number of nitrogens with zero attached hydrogens (tertiary/aromatic N) is 2. The van der Waals surface area contributed by atoms with Gasteiger partial charge in [0.05, 0.1) is 6.61 Å². The molecule has 0 bridgehead atoms. The average molecular weight is 319 g/mol. The predicted octanol–water partition coefficient (Wildman–Crippen LogP) is 2.52. The van der Waals surface area contributed by atoms with Gasteiger partial charge in [-0.15, -0.1) is 11.3 Å². The normalized spacial score (nSPS) is 11.3. The van der Waals surface area contributed by atoms with Crippen molar-refractivity contribution in [2.24, 2.45) is 5.16 Å². The largest absolute Gasteiger partial charge is 0.461 e. The van der Waals surface area contributed by atoms with E-state index < -0.39 is 5.97 Å². The van der Waals surface area contributed by atoms with Crippen molar-refractivity contribution in [3.8, 4) is 0 Å². The van der Waals surface area contributed by atoms with Crippen LogP contribution in [-0.4, -0.2) is 23.3 Å². The van der Waals surface area contributed by atoms with Crippen LogP contribution in [0.15, 0.2) is 34.8 Å².